The van der Waals surface area contributed by atoms with Crippen LogP contribution in [0.3, 0.4) is 0 Å². The maximum atomic E-state index is 3.70. The maximum absolute atomic E-state index is 3.70. The predicted octanol–water partition coefficient (Wildman–Crippen LogP) is 5.38. The van der Waals surface area contributed by atoms with Gasteiger partial charge in [-0.25, -0.2) is 0 Å². The smallest absolute Gasteiger partial charge is 0.0257 e. The third kappa shape index (κ3) is 1.93. The van der Waals surface area contributed by atoms with E-state index in [0.717, 1.165) is 6.42 Å². The lowest BCUT2D eigenvalue weighted by molar-refractivity contribution is 1.30. The molecule has 0 saturated carbocycles. The van der Waals surface area contributed by atoms with E-state index >= 15 is 0 Å². The number of hydrogen-bond donors (Lipinski definition) is 0. The number of benzene rings is 2. The Balaban J connectivity index is 2.15. The zero-order chi connectivity index (χ0) is 12.7. The van der Waals surface area contributed by atoms with Gasteiger partial charge >= 0.3 is 0 Å². The van der Waals surface area contributed by atoms with Crippen molar-refractivity contribution in [1.82, 2.24) is 0 Å². The Labute approximate surface area is 116 Å². The van der Waals surface area contributed by atoms with E-state index in [-0.39, 0.29) is 0 Å². The summed E-state index contributed by atoms with van der Waals surface area (Å²) in [6, 6.07) is 13.3. The first-order valence-corrected chi connectivity index (χ1v) is 7.01. The van der Waals surface area contributed by atoms with Gasteiger partial charge in [-0.05, 0) is 60.2 Å². The van der Waals surface area contributed by atoms with Crippen molar-refractivity contribution in [2.45, 2.75) is 20.3 Å². The topological polar surface area (TPSA) is 0 Å². The molecule has 0 bridgehead atoms. The number of hydrogen-bond acceptors (Lipinski definition) is 0. The van der Waals surface area contributed by atoms with Crippen molar-refractivity contribution in [3.63, 3.8) is 0 Å². The van der Waals surface area contributed by atoms with E-state index in [1.165, 1.54) is 37.9 Å². The summed E-state index contributed by atoms with van der Waals surface area (Å²) >= 11 is 3.70. The summed E-state index contributed by atoms with van der Waals surface area (Å²) in [5, 5.41) is 0. The van der Waals surface area contributed by atoms with Gasteiger partial charge in [0.1, 0.15) is 0 Å². The summed E-state index contributed by atoms with van der Waals surface area (Å²) in [5.74, 6) is 0. The summed E-state index contributed by atoms with van der Waals surface area (Å²) < 4.78 is 1.19. The Bertz CT molecular complexity index is 633. The third-order valence-corrected chi connectivity index (χ3v) is 4.26. The molecule has 0 aromatic heterocycles. The molecular formula is C17H15Br. The average Bonchev–Trinajstić information content (AvgIpc) is 2.71. The highest BCUT2D eigenvalue weighted by Gasteiger charge is 2.14. The van der Waals surface area contributed by atoms with Gasteiger partial charge in [-0.2, -0.15) is 0 Å². The molecule has 0 nitrogen and oxygen atoms in total. The van der Waals surface area contributed by atoms with Gasteiger partial charge in [0.25, 0.3) is 0 Å². The molecule has 0 atom stereocenters. The Hall–Kier alpha value is -1.34. The Kier molecular flexibility index (Phi) is 2.87. The standard InChI is InChI=1S/C17H15Br/c1-11-3-6-13(7-4-11)16-10-15-12(2)5-8-14(15)9-17(16)18/h3-7,9-10H,8H2,1-2H3. The maximum Gasteiger partial charge on any atom is 0.0257 e. The molecule has 1 heteroatoms. The third-order valence-electron chi connectivity index (χ3n) is 3.61. The van der Waals surface area contributed by atoms with Crippen molar-refractivity contribution >= 4 is 21.5 Å². The van der Waals surface area contributed by atoms with E-state index in [4.69, 9.17) is 0 Å². The minimum Gasteiger partial charge on any atom is -0.0766 e. The van der Waals surface area contributed by atoms with Gasteiger partial charge in [-0.15, -0.1) is 0 Å². The van der Waals surface area contributed by atoms with Gasteiger partial charge in [0.05, 0.1) is 0 Å². The first-order chi connectivity index (χ1) is 8.65. The van der Waals surface area contributed by atoms with Crippen LogP contribution in [0.5, 0.6) is 0 Å². The molecule has 90 valence electrons. The zero-order valence-corrected chi connectivity index (χ0v) is 12.2. The molecule has 0 spiro atoms. The highest BCUT2D eigenvalue weighted by atomic mass is 79.9. The molecule has 1 aliphatic rings. The fourth-order valence-corrected chi connectivity index (χ4v) is 3.10. The van der Waals surface area contributed by atoms with Crippen molar-refractivity contribution in [1.29, 1.82) is 0 Å². The normalized spacial score (nSPS) is 13.4. The van der Waals surface area contributed by atoms with Crippen LogP contribution in [-0.4, -0.2) is 0 Å². The fourth-order valence-electron chi connectivity index (χ4n) is 2.48. The SMILES string of the molecule is CC1=CCc2cc(Br)c(-c3ccc(C)cc3)cc21. The molecule has 3 rings (SSSR count). The lowest BCUT2D eigenvalue weighted by Gasteiger charge is -2.10. The van der Waals surface area contributed by atoms with Gasteiger partial charge in [0.2, 0.25) is 0 Å². The van der Waals surface area contributed by atoms with E-state index in [1.807, 2.05) is 0 Å². The van der Waals surface area contributed by atoms with Crippen molar-refractivity contribution in [3.05, 3.63) is 63.6 Å². The number of fused-ring (bicyclic) bond motifs is 1. The van der Waals surface area contributed by atoms with E-state index in [9.17, 15) is 0 Å². The van der Waals surface area contributed by atoms with E-state index < -0.39 is 0 Å². The van der Waals surface area contributed by atoms with Gasteiger partial charge < -0.3 is 0 Å². The number of allylic oxidation sites excluding steroid dienone is 2. The molecule has 1 aliphatic carbocycles. The Morgan fingerprint density at radius 3 is 2.39 bits per heavy atom. The molecule has 0 saturated heterocycles. The summed E-state index contributed by atoms with van der Waals surface area (Å²) in [6.45, 7) is 4.31. The van der Waals surface area contributed by atoms with E-state index in [2.05, 4.69) is 72.3 Å². The molecule has 2 aromatic rings. The molecule has 2 aromatic carbocycles. The van der Waals surface area contributed by atoms with Crippen LogP contribution < -0.4 is 0 Å². The number of halogens is 1. The Morgan fingerprint density at radius 2 is 1.67 bits per heavy atom. The van der Waals surface area contributed by atoms with Gasteiger partial charge in [0, 0.05) is 4.47 Å². The van der Waals surface area contributed by atoms with Crippen molar-refractivity contribution < 1.29 is 0 Å². The van der Waals surface area contributed by atoms with Crippen LogP contribution >= 0.6 is 15.9 Å². The van der Waals surface area contributed by atoms with Crippen LogP contribution in [0.25, 0.3) is 16.7 Å². The van der Waals surface area contributed by atoms with Crippen molar-refractivity contribution in [2.75, 3.05) is 0 Å². The van der Waals surface area contributed by atoms with Crippen LogP contribution in [0.15, 0.2) is 46.9 Å². The van der Waals surface area contributed by atoms with Gasteiger partial charge in [0.15, 0.2) is 0 Å². The first kappa shape index (κ1) is 11.7. The van der Waals surface area contributed by atoms with Crippen molar-refractivity contribution in [2.24, 2.45) is 0 Å². The largest absolute Gasteiger partial charge is 0.0766 e. The molecule has 18 heavy (non-hydrogen) atoms. The highest BCUT2D eigenvalue weighted by Crippen LogP contribution is 2.36. The minimum atomic E-state index is 1.06. The molecular weight excluding hydrogens is 284 g/mol. The molecule has 0 aliphatic heterocycles. The van der Waals surface area contributed by atoms with Crippen LogP contribution in [0.2, 0.25) is 0 Å². The lowest BCUT2D eigenvalue weighted by Crippen LogP contribution is -1.88. The first-order valence-electron chi connectivity index (χ1n) is 6.22. The molecule has 0 radical (unpaired) electrons. The van der Waals surface area contributed by atoms with Crippen LogP contribution in [0.1, 0.15) is 23.6 Å². The lowest BCUT2D eigenvalue weighted by atomic mass is 9.98. The summed E-state index contributed by atoms with van der Waals surface area (Å²) in [7, 11) is 0. The highest BCUT2D eigenvalue weighted by molar-refractivity contribution is 9.10. The minimum absolute atomic E-state index is 1.06. The second-order valence-corrected chi connectivity index (χ2v) is 5.80. The van der Waals surface area contributed by atoms with E-state index in [0.29, 0.717) is 0 Å². The second kappa shape index (κ2) is 4.40. The molecule has 0 unspecified atom stereocenters. The molecule has 0 heterocycles. The summed E-state index contributed by atoms with van der Waals surface area (Å²) in [6.07, 6.45) is 3.37. The monoisotopic (exact) mass is 298 g/mol. The summed E-state index contributed by atoms with van der Waals surface area (Å²) in [4.78, 5) is 0. The van der Waals surface area contributed by atoms with Crippen LogP contribution in [-0.2, 0) is 6.42 Å². The summed E-state index contributed by atoms with van der Waals surface area (Å²) in [5.41, 5.74) is 8.07. The van der Waals surface area contributed by atoms with E-state index in [1.54, 1.807) is 0 Å². The molecule has 0 fully saturated rings. The van der Waals surface area contributed by atoms with Crippen LogP contribution in [0, 0.1) is 6.92 Å². The van der Waals surface area contributed by atoms with Gasteiger partial charge in [-0.1, -0.05) is 51.8 Å². The average molecular weight is 299 g/mol. The Morgan fingerprint density at radius 1 is 0.944 bits per heavy atom. The predicted molar refractivity (Wildman–Crippen MR) is 81.7 cm³/mol. The molecule has 0 N–H and O–H groups in total. The fraction of sp³-hybridized carbons (Fsp3) is 0.176. The molecule has 0 amide bonds. The van der Waals surface area contributed by atoms with Crippen LogP contribution in [0.4, 0.5) is 0 Å². The van der Waals surface area contributed by atoms with Crippen molar-refractivity contribution in [3.8, 4) is 11.1 Å². The zero-order valence-electron chi connectivity index (χ0n) is 10.6. The number of aryl methyl sites for hydroxylation is 1. The second-order valence-electron chi connectivity index (χ2n) is 4.95. The van der Waals surface area contributed by atoms with Gasteiger partial charge in [-0.3, -0.25) is 0 Å². The quantitative estimate of drug-likeness (QED) is 0.663. The number of rotatable bonds is 1.